The molecule has 115 heavy (non-hydrogen) atoms. The van der Waals surface area contributed by atoms with E-state index in [4.69, 9.17) is 86.3 Å². The van der Waals surface area contributed by atoms with Gasteiger partial charge >= 0.3 is 5.97 Å². The molecule has 2 saturated heterocycles. The Hall–Kier alpha value is -8.93. The zero-order valence-electron chi connectivity index (χ0n) is 66.2. The first-order valence-electron chi connectivity index (χ1n) is 38.2. The third kappa shape index (κ3) is 35.6. The van der Waals surface area contributed by atoms with Gasteiger partial charge in [0.25, 0.3) is 5.91 Å². The number of carbonyl (C=O) groups excluding carboxylic acids is 1. The summed E-state index contributed by atoms with van der Waals surface area (Å²) in [5, 5.41) is 16.3. The van der Waals surface area contributed by atoms with Crippen LogP contribution in [-0.4, -0.2) is 118 Å². The Morgan fingerprint density at radius 3 is 1.21 bits per heavy atom. The molecule has 0 unspecified atom stereocenters. The number of carboxylic acid groups (broad SMARTS) is 1. The maximum absolute atomic E-state index is 12.8. The summed E-state index contributed by atoms with van der Waals surface area (Å²) in [6, 6.07) is 79.0. The Morgan fingerprint density at radius 1 is 0.409 bits per heavy atom. The van der Waals surface area contributed by atoms with Gasteiger partial charge in [0.2, 0.25) is 0 Å². The topological polar surface area (TPSA) is 138 Å². The van der Waals surface area contributed by atoms with Gasteiger partial charge in [0.1, 0.15) is 11.6 Å². The maximum atomic E-state index is 12.8. The first-order chi connectivity index (χ1) is 54.9. The predicted octanol–water partition coefficient (Wildman–Crippen LogP) is 25.1. The highest BCUT2D eigenvalue weighted by molar-refractivity contribution is 6.42. The number of nitrogens with two attached hydrogens (primary N) is 1. The van der Waals surface area contributed by atoms with Crippen molar-refractivity contribution in [3.8, 4) is 0 Å². The number of piperazine rings is 2. The molecule has 11 nitrogen and oxygen atoms in total. The molecule has 0 saturated carbocycles. The number of imidazole rings is 2. The van der Waals surface area contributed by atoms with Crippen molar-refractivity contribution < 1.29 is 28.8 Å². The molecule has 2 aliphatic heterocycles. The number of halogens is 9. The number of aromatic nitrogens is 4. The van der Waals surface area contributed by atoms with Crippen LogP contribution in [0.4, 0.5) is 8.78 Å². The maximum Gasteiger partial charge on any atom is 0.335 e. The summed E-state index contributed by atoms with van der Waals surface area (Å²) in [6.07, 6.45) is 8.47. The summed E-state index contributed by atoms with van der Waals surface area (Å²) in [5.41, 5.74) is 15.4. The average molecular weight is 1700 g/mol. The summed E-state index contributed by atoms with van der Waals surface area (Å²) in [6.45, 7) is 23.4. The molecule has 11 aromatic carbocycles. The first-order valence-corrected chi connectivity index (χ1v) is 40.8. The van der Waals surface area contributed by atoms with Gasteiger partial charge in [-0.05, 0) is 224 Å². The number of quaternary nitrogens is 1. The molecule has 0 aliphatic carbocycles. The zero-order valence-corrected chi connectivity index (χ0v) is 71.5. The standard InChI is InChI=1S/C14H12Cl2.C14H12F2.C13H16N4O.C8H8Cl2.3C8H9Cl.C8H6N2O2.C8H10.C5H12N2.CH4/c2*1-10(11-2-6-13(15)7-3-11)12-4-8-14(16)9-5-12;1-16-4-6-17(7-5-16)13(18)10-2-3-11-12(8-10)15-9-14-11;1-2-6-3-4-7(9)8(10)5-6;1-2-7-3-5-8(9)6-4-7;1-2-7-4-3-5-8(9)6-7;1-2-7-5-3-4-6-8(7)9;11-8(12)5-1-2-6-7(3-5)10-4-9-6;1-2-8-6-4-3-5-7-8;1-7-4-2-6-3-5-7;/h2*2-10H,1H3;2-3,8-9H,4-7H2,1H3,(H,14,15);3-5H,2H2,1H3;3*3-6H,2H2,1H3;1-4H,(H,9,10)(H,11,12);3-7H,2H2,1H3;6H,2-5H2,1H3;1H4/p+1. The molecule has 20 heteroatoms. The molecular weight excluding hydrogens is 1590 g/mol. The molecule has 608 valence electrons. The molecule has 1 amide bonds. The fraction of sp³-hybridized carbons (Fsp3) is 0.263. The number of aromatic carboxylic acids is 1. The lowest BCUT2D eigenvalue weighted by Crippen LogP contribution is -2.89. The van der Waals surface area contributed by atoms with Crippen molar-refractivity contribution in [2.24, 2.45) is 0 Å². The van der Waals surface area contributed by atoms with Crippen LogP contribution in [0.15, 0.2) is 267 Å². The Kier molecular flexibility index (Phi) is 44.8. The van der Waals surface area contributed by atoms with Gasteiger partial charge in [-0.25, -0.2) is 23.5 Å². The lowest BCUT2D eigenvalue weighted by atomic mass is 9.93. The second-order valence-electron chi connectivity index (χ2n) is 26.8. The van der Waals surface area contributed by atoms with E-state index in [1.54, 1.807) is 42.7 Å². The molecule has 5 N–H and O–H groups in total. The van der Waals surface area contributed by atoms with Gasteiger partial charge < -0.3 is 30.2 Å². The van der Waals surface area contributed by atoms with Gasteiger partial charge in [-0.3, -0.25) is 9.69 Å². The number of likely N-dealkylation sites (N-methyl/N-ethyl adjacent to an activating group) is 2. The van der Waals surface area contributed by atoms with E-state index in [0.29, 0.717) is 16.0 Å². The Morgan fingerprint density at radius 2 is 0.809 bits per heavy atom. The minimum Gasteiger partial charge on any atom is -0.478 e. The summed E-state index contributed by atoms with van der Waals surface area (Å²) < 4.78 is 25.5. The fourth-order valence-electron chi connectivity index (χ4n) is 11.3. The number of fused-ring (bicyclic) bond motifs is 2. The van der Waals surface area contributed by atoms with Crippen molar-refractivity contribution in [3.63, 3.8) is 0 Å². The van der Waals surface area contributed by atoms with Crippen LogP contribution in [0.1, 0.15) is 139 Å². The molecule has 2 aromatic heterocycles. The second-order valence-corrected chi connectivity index (χ2v) is 29.8. The van der Waals surface area contributed by atoms with E-state index in [1.807, 2.05) is 145 Å². The van der Waals surface area contributed by atoms with Crippen LogP contribution in [0.5, 0.6) is 0 Å². The van der Waals surface area contributed by atoms with Crippen molar-refractivity contribution in [1.82, 2.24) is 34.6 Å². The second kappa shape index (κ2) is 53.3. The van der Waals surface area contributed by atoms with Gasteiger partial charge in [-0.2, -0.15) is 0 Å². The Balaban J connectivity index is 0.000000231. The van der Waals surface area contributed by atoms with E-state index < -0.39 is 5.97 Å². The SMILES string of the molecule is C.CC(c1ccc(Cl)cc1)c1ccc(Cl)cc1.CC(c1ccc(F)cc1)c1ccc(F)cc1.CCc1ccc(Cl)c(Cl)c1.CCc1ccc(Cl)cc1.CCc1cccc(Cl)c1.CCc1ccccc1.CCc1ccccc1Cl.CN1CCN(C(=O)c2ccc3nc[nH]c3c2)CC1.CN1CC[NH2+]CC1.O=C(O)c1ccc2nc[nH]c2c1. The van der Waals surface area contributed by atoms with Crippen molar-refractivity contribution in [3.05, 3.63) is 375 Å². The molecule has 13 aromatic rings. The van der Waals surface area contributed by atoms with E-state index in [9.17, 15) is 18.4 Å². The number of H-pyrrole nitrogens is 2. The number of carboxylic acids is 1. The number of carbonyl (C=O) groups is 2. The summed E-state index contributed by atoms with van der Waals surface area (Å²) >= 11 is 40.4. The average Bonchev–Trinajstić information content (AvgIpc) is 1.77. The number of aromatic amines is 2. The van der Waals surface area contributed by atoms with E-state index in [0.717, 1.165) is 122 Å². The number of benzene rings is 11. The van der Waals surface area contributed by atoms with Gasteiger partial charge in [0.05, 0.1) is 63.4 Å². The molecule has 15 rings (SSSR count). The normalized spacial score (nSPS) is 12.1. The molecule has 0 bridgehead atoms. The van der Waals surface area contributed by atoms with Crippen molar-refractivity contribution in [1.29, 1.82) is 0 Å². The molecule has 0 radical (unpaired) electrons. The third-order valence-corrected chi connectivity index (χ3v) is 20.7. The van der Waals surface area contributed by atoms with Crippen molar-refractivity contribution >= 4 is 115 Å². The smallest absolute Gasteiger partial charge is 0.335 e. The lowest BCUT2D eigenvalue weighted by Gasteiger charge is -2.32. The summed E-state index contributed by atoms with van der Waals surface area (Å²) in [5.74, 6) is -0.799. The highest BCUT2D eigenvalue weighted by atomic mass is 35.5. The molecule has 2 aliphatic rings. The van der Waals surface area contributed by atoms with E-state index in [2.05, 4.69) is 145 Å². The van der Waals surface area contributed by atoms with Gasteiger partial charge in [0, 0.05) is 81.8 Å². The molecule has 0 atom stereocenters. The van der Waals surface area contributed by atoms with Crippen LogP contribution in [0.3, 0.4) is 0 Å². The fourth-order valence-corrected chi connectivity index (χ4v) is 12.5. The largest absolute Gasteiger partial charge is 0.478 e. The number of nitrogens with one attached hydrogen (secondary N) is 2. The highest BCUT2D eigenvalue weighted by Crippen LogP contribution is 2.28. The summed E-state index contributed by atoms with van der Waals surface area (Å²) in [4.78, 5) is 43.4. The molecular formula is C95H108Cl7F2N8O3+. The van der Waals surface area contributed by atoms with Crippen LogP contribution >= 0.6 is 81.2 Å². The van der Waals surface area contributed by atoms with E-state index >= 15 is 0 Å². The van der Waals surface area contributed by atoms with Crippen LogP contribution in [0.25, 0.3) is 22.1 Å². The zero-order chi connectivity index (χ0) is 82.7. The quantitative estimate of drug-likeness (QED) is 0.101. The predicted molar refractivity (Wildman–Crippen MR) is 483 cm³/mol. The van der Waals surface area contributed by atoms with Crippen LogP contribution in [-0.2, 0) is 32.1 Å². The minimum absolute atomic E-state index is 0. The summed E-state index contributed by atoms with van der Waals surface area (Å²) in [7, 11) is 4.26. The Labute approximate surface area is 715 Å². The van der Waals surface area contributed by atoms with E-state index in [-0.39, 0.29) is 36.4 Å². The first kappa shape index (κ1) is 96.7. The number of nitrogens with zero attached hydrogens (tertiary/aromatic N) is 5. The minimum atomic E-state index is -0.925. The lowest BCUT2D eigenvalue weighted by molar-refractivity contribution is -0.662. The monoisotopic (exact) mass is 1690 g/mol. The van der Waals surface area contributed by atoms with Crippen LogP contribution in [0, 0.1) is 11.6 Å². The van der Waals surface area contributed by atoms with Gasteiger partial charge in [-0.15, -0.1) is 0 Å². The number of amides is 1. The van der Waals surface area contributed by atoms with Gasteiger partial charge in [-0.1, -0.05) is 264 Å². The molecule has 2 fully saturated rings. The highest BCUT2D eigenvalue weighted by Gasteiger charge is 2.21. The number of rotatable bonds is 11. The third-order valence-electron chi connectivity index (χ3n) is 18.6. The van der Waals surface area contributed by atoms with Crippen LogP contribution in [0.2, 0.25) is 35.2 Å². The van der Waals surface area contributed by atoms with Crippen LogP contribution < -0.4 is 5.32 Å². The number of hydrogen-bond donors (Lipinski definition) is 4. The van der Waals surface area contributed by atoms with Crippen molar-refractivity contribution in [2.75, 3.05) is 66.5 Å². The molecule has 0 spiro atoms. The van der Waals surface area contributed by atoms with Gasteiger partial charge in [0.15, 0.2) is 0 Å². The number of aryl methyl sites for hydroxylation is 5. The molecule has 4 heterocycles. The van der Waals surface area contributed by atoms with E-state index in [1.165, 1.54) is 102 Å². The number of hydrogen-bond acceptors (Lipinski definition) is 6. The van der Waals surface area contributed by atoms with Crippen molar-refractivity contribution in [2.45, 2.75) is 99.8 Å². The Bertz CT molecular complexity index is 4710.